The van der Waals surface area contributed by atoms with Gasteiger partial charge in [0.05, 0.1) is 11.8 Å². The molecule has 5 nitrogen and oxygen atoms in total. The summed E-state index contributed by atoms with van der Waals surface area (Å²) < 4.78 is 14.9. The molecule has 0 aliphatic carbocycles. The number of halogens is 1. The number of nitrogens with zero attached hydrogens (tertiary/aromatic N) is 2. The summed E-state index contributed by atoms with van der Waals surface area (Å²) in [5.74, 6) is -0.639. The van der Waals surface area contributed by atoms with Crippen LogP contribution in [0.5, 0.6) is 0 Å². The predicted octanol–water partition coefficient (Wildman–Crippen LogP) is 2.85. The van der Waals surface area contributed by atoms with Gasteiger partial charge in [-0.05, 0) is 49.9 Å². The second-order valence-electron chi connectivity index (χ2n) is 6.96. The van der Waals surface area contributed by atoms with Crippen LogP contribution < -0.4 is 5.32 Å². The molecule has 1 heterocycles. The number of hydrogen-bond donors (Lipinski definition) is 2. The number of aryl methyl sites for hydroxylation is 1. The van der Waals surface area contributed by atoms with Crippen LogP contribution >= 0.6 is 0 Å². The number of benzene rings is 1. The molecule has 24 heavy (non-hydrogen) atoms. The summed E-state index contributed by atoms with van der Waals surface area (Å²) in [6.45, 7) is 7.94. The highest BCUT2D eigenvalue weighted by atomic mass is 19.1. The van der Waals surface area contributed by atoms with E-state index in [-0.39, 0.29) is 22.8 Å². The summed E-state index contributed by atoms with van der Waals surface area (Å²) in [5.41, 5.74) is 1.38. The largest absolute Gasteiger partial charge is 0.393 e. The van der Waals surface area contributed by atoms with Crippen molar-refractivity contribution in [2.24, 2.45) is 5.41 Å². The lowest BCUT2D eigenvalue weighted by atomic mass is 9.87. The summed E-state index contributed by atoms with van der Waals surface area (Å²) in [5, 5.41) is 16.6. The lowest BCUT2D eigenvalue weighted by Gasteiger charge is -2.26. The maximum absolute atomic E-state index is 13.4. The Bertz CT molecular complexity index is 723. The molecular weight excluding hydrogens is 309 g/mol. The molecule has 0 saturated heterocycles. The standard InChI is InChI=1S/C18H24FN3O2/c1-12-8-16(17(24)20-11-18(3,4)10-13(2)23)21-22(12)15-7-5-6-14(19)9-15/h5-9,13,23H,10-11H2,1-4H3,(H,20,24). The highest BCUT2D eigenvalue weighted by molar-refractivity contribution is 5.92. The van der Waals surface area contributed by atoms with Crippen molar-refractivity contribution in [1.29, 1.82) is 0 Å². The Kier molecular flexibility index (Phi) is 5.39. The maximum Gasteiger partial charge on any atom is 0.271 e. The van der Waals surface area contributed by atoms with Crippen LogP contribution in [-0.2, 0) is 0 Å². The van der Waals surface area contributed by atoms with Gasteiger partial charge in [-0.25, -0.2) is 9.07 Å². The Morgan fingerprint density at radius 1 is 1.42 bits per heavy atom. The van der Waals surface area contributed by atoms with Crippen LogP contribution in [0.15, 0.2) is 30.3 Å². The van der Waals surface area contributed by atoms with Gasteiger partial charge in [0.1, 0.15) is 5.82 Å². The zero-order chi connectivity index (χ0) is 17.9. The van der Waals surface area contributed by atoms with E-state index in [1.165, 1.54) is 12.1 Å². The van der Waals surface area contributed by atoms with Crippen LogP contribution in [0.3, 0.4) is 0 Å². The number of carbonyl (C=O) groups is 1. The molecule has 0 aliphatic heterocycles. The lowest BCUT2D eigenvalue weighted by Crippen LogP contribution is -2.35. The van der Waals surface area contributed by atoms with Crippen molar-refractivity contribution >= 4 is 5.91 Å². The monoisotopic (exact) mass is 333 g/mol. The van der Waals surface area contributed by atoms with Crippen LogP contribution in [-0.4, -0.2) is 33.4 Å². The van der Waals surface area contributed by atoms with Gasteiger partial charge in [0, 0.05) is 12.2 Å². The zero-order valence-electron chi connectivity index (χ0n) is 14.5. The fourth-order valence-electron chi connectivity index (χ4n) is 2.74. The molecule has 6 heteroatoms. The minimum absolute atomic E-state index is 0.218. The van der Waals surface area contributed by atoms with Gasteiger partial charge >= 0.3 is 0 Å². The third-order valence-electron chi connectivity index (χ3n) is 3.75. The Labute approximate surface area is 141 Å². The SMILES string of the molecule is Cc1cc(C(=O)NCC(C)(C)CC(C)O)nn1-c1cccc(F)c1. The number of aliphatic hydroxyl groups excluding tert-OH is 1. The van der Waals surface area contributed by atoms with Gasteiger partial charge in [-0.2, -0.15) is 5.10 Å². The smallest absolute Gasteiger partial charge is 0.271 e. The zero-order valence-corrected chi connectivity index (χ0v) is 14.5. The van der Waals surface area contributed by atoms with Crippen molar-refractivity contribution in [2.75, 3.05) is 6.54 Å². The first-order valence-corrected chi connectivity index (χ1v) is 7.97. The summed E-state index contributed by atoms with van der Waals surface area (Å²) in [6, 6.07) is 7.73. The second-order valence-corrected chi connectivity index (χ2v) is 6.96. The number of nitrogens with one attached hydrogen (secondary N) is 1. The minimum atomic E-state index is -0.425. The second kappa shape index (κ2) is 7.13. The molecule has 0 saturated carbocycles. The van der Waals surface area contributed by atoms with Crippen molar-refractivity contribution in [3.63, 3.8) is 0 Å². The summed E-state index contributed by atoms with van der Waals surface area (Å²) in [4.78, 5) is 12.3. The number of aromatic nitrogens is 2. The van der Waals surface area contributed by atoms with Crippen molar-refractivity contribution < 1.29 is 14.3 Å². The number of carbonyl (C=O) groups excluding carboxylic acids is 1. The third kappa shape index (κ3) is 4.64. The molecule has 130 valence electrons. The Morgan fingerprint density at radius 3 is 2.75 bits per heavy atom. The number of rotatable bonds is 6. The normalized spacial score (nSPS) is 12.9. The molecule has 1 aromatic carbocycles. The molecule has 1 amide bonds. The molecule has 2 aromatic rings. The molecule has 0 spiro atoms. The van der Waals surface area contributed by atoms with Gasteiger partial charge in [0.15, 0.2) is 5.69 Å². The van der Waals surface area contributed by atoms with Crippen molar-refractivity contribution in [2.45, 2.75) is 40.2 Å². The maximum atomic E-state index is 13.4. The van der Waals surface area contributed by atoms with E-state index in [1.54, 1.807) is 29.8 Å². The van der Waals surface area contributed by atoms with Crippen molar-refractivity contribution in [3.05, 3.63) is 47.5 Å². The quantitative estimate of drug-likeness (QED) is 0.854. The van der Waals surface area contributed by atoms with Crippen molar-refractivity contribution in [1.82, 2.24) is 15.1 Å². The Balaban J connectivity index is 2.10. The molecule has 0 bridgehead atoms. The number of amides is 1. The summed E-state index contributed by atoms with van der Waals surface area (Å²) in [7, 11) is 0. The van der Waals surface area contributed by atoms with E-state index < -0.39 is 6.10 Å². The van der Waals surface area contributed by atoms with E-state index in [2.05, 4.69) is 10.4 Å². The van der Waals surface area contributed by atoms with Crippen LogP contribution in [0.4, 0.5) is 4.39 Å². The number of hydrogen-bond acceptors (Lipinski definition) is 3. The Hall–Kier alpha value is -2.21. The molecule has 1 aromatic heterocycles. The van der Waals surface area contributed by atoms with Gasteiger partial charge in [-0.1, -0.05) is 19.9 Å². The fourth-order valence-corrected chi connectivity index (χ4v) is 2.74. The van der Waals surface area contributed by atoms with E-state index in [1.807, 2.05) is 20.8 Å². The topological polar surface area (TPSA) is 67.2 Å². The highest BCUT2D eigenvalue weighted by Crippen LogP contribution is 2.21. The molecule has 2 N–H and O–H groups in total. The summed E-state index contributed by atoms with van der Waals surface area (Å²) >= 11 is 0. The van der Waals surface area contributed by atoms with Crippen LogP contribution in [0.2, 0.25) is 0 Å². The first-order chi connectivity index (χ1) is 11.2. The van der Waals surface area contributed by atoms with Gasteiger partial charge in [-0.3, -0.25) is 4.79 Å². The highest BCUT2D eigenvalue weighted by Gasteiger charge is 2.22. The molecule has 2 rings (SSSR count). The van der Waals surface area contributed by atoms with Crippen LogP contribution in [0, 0.1) is 18.2 Å². The average Bonchev–Trinajstić information content (AvgIpc) is 2.85. The minimum Gasteiger partial charge on any atom is -0.393 e. The molecule has 1 unspecified atom stereocenters. The molecule has 0 aliphatic rings. The van der Waals surface area contributed by atoms with E-state index in [9.17, 15) is 14.3 Å². The van der Waals surface area contributed by atoms with Gasteiger partial charge in [0.2, 0.25) is 0 Å². The van der Waals surface area contributed by atoms with E-state index in [0.29, 0.717) is 18.7 Å². The van der Waals surface area contributed by atoms with Gasteiger partial charge in [-0.15, -0.1) is 0 Å². The third-order valence-corrected chi connectivity index (χ3v) is 3.75. The van der Waals surface area contributed by atoms with Crippen molar-refractivity contribution in [3.8, 4) is 5.69 Å². The molecule has 0 fully saturated rings. The lowest BCUT2D eigenvalue weighted by molar-refractivity contribution is 0.0897. The van der Waals surface area contributed by atoms with E-state index in [4.69, 9.17) is 0 Å². The predicted molar refractivity (Wildman–Crippen MR) is 90.7 cm³/mol. The van der Waals surface area contributed by atoms with Gasteiger partial charge < -0.3 is 10.4 Å². The average molecular weight is 333 g/mol. The number of aliphatic hydroxyl groups is 1. The Morgan fingerprint density at radius 2 is 2.12 bits per heavy atom. The van der Waals surface area contributed by atoms with E-state index >= 15 is 0 Å². The van der Waals surface area contributed by atoms with Crippen LogP contribution in [0.25, 0.3) is 5.69 Å². The first-order valence-electron chi connectivity index (χ1n) is 7.97. The van der Waals surface area contributed by atoms with E-state index in [0.717, 1.165) is 5.69 Å². The fraction of sp³-hybridized carbons (Fsp3) is 0.444. The summed E-state index contributed by atoms with van der Waals surface area (Å²) in [6.07, 6.45) is 0.163. The molecule has 1 atom stereocenters. The van der Waals surface area contributed by atoms with Crippen LogP contribution in [0.1, 0.15) is 43.4 Å². The molecule has 0 radical (unpaired) electrons. The van der Waals surface area contributed by atoms with Gasteiger partial charge in [0.25, 0.3) is 5.91 Å². The first kappa shape index (κ1) is 18.1. The molecular formula is C18H24FN3O2.